The summed E-state index contributed by atoms with van der Waals surface area (Å²) in [4.78, 5) is 13.0. The van der Waals surface area contributed by atoms with Crippen molar-refractivity contribution < 1.29 is 14.3 Å². The third kappa shape index (κ3) is 3.67. The van der Waals surface area contributed by atoms with Crippen LogP contribution in [0.1, 0.15) is 19.8 Å². The molecular formula is C14H19FN2O2. The van der Waals surface area contributed by atoms with Crippen LogP contribution in [0, 0.1) is 5.82 Å². The van der Waals surface area contributed by atoms with Crippen molar-refractivity contribution >= 4 is 11.7 Å². The van der Waals surface area contributed by atoms with Gasteiger partial charge in [0.2, 0.25) is 0 Å². The minimum absolute atomic E-state index is 0.0805. The van der Waals surface area contributed by atoms with Gasteiger partial charge >= 0.3 is 5.97 Å². The standard InChI is InChI=1S/C14H19FN2O2/c1-10-6-7-17(12-4-2-11(15)3-5-12)13(9-16-10)8-14(18)19/h2-5,10,13,16H,6-9H2,1H3,(H,18,19). The minimum Gasteiger partial charge on any atom is -0.481 e. The number of aliphatic carboxylic acids is 1. The van der Waals surface area contributed by atoms with E-state index in [-0.39, 0.29) is 18.3 Å². The van der Waals surface area contributed by atoms with E-state index in [0.717, 1.165) is 18.7 Å². The van der Waals surface area contributed by atoms with Crippen molar-refractivity contribution in [3.63, 3.8) is 0 Å². The summed E-state index contributed by atoms with van der Waals surface area (Å²) >= 11 is 0. The van der Waals surface area contributed by atoms with Crippen LogP contribution in [0.5, 0.6) is 0 Å². The maximum atomic E-state index is 13.0. The van der Waals surface area contributed by atoms with E-state index in [0.29, 0.717) is 12.6 Å². The van der Waals surface area contributed by atoms with Crippen LogP contribution in [0.25, 0.3) is 0 Å². The lowest BCUT2D eigenvalue weighted by Crippen LogP contribution is -2.41. The van der Waals surface area contributed by atoms with Crippen molar-refractivity contribution in [2.75, 3.05) is 18.0 Å². The third-order valence-electron chi connectivity index (χ3n) is 3.51. The van der Waals surface area contributed by atoms with Crippen molar-refractivity contribution in [1.29, 1.82) is 0 Å². The molecule has 0 radical (unpaired) electrons. The number of rotatable bonds is 3. The van der Waals surface area contributed by atoms with Gasteiger partial charge in [-0.2, -0.15) is 0 Å². The van der Waals surface area contributed by atoms with Gasteiger partial charge in [0.15, 0.2) is 0 Å². The van der Waals surface area contributed by atoms with Crippen molar-refractivity contribution in [3.8, 4) is 0 Å². The topological polar surface area (TPSA) is 52.6 Å². The first-order valence-corrected chi connectivity index (χ1v) is 6.53. The Morgan fingerprint density at radius 3 is 2.79 bits per heavy atom. The molecule has 0 aromatic heterocycles. The maximum absolute atomic E-state index is 13.0. The Bertz CT molecular complexity index is 436. The molecule has 0 aliphatic carbocycles. The first-order chi connectivity index (χ1) is 9.06. The highest BCUT2D eigenvalue weighted by atomic mass is 19.1. The van der Waals surface area contributed by atoms with Gasteiger partial charge in [-0.05, 0) is 37.6 Å². The average molecular weight is 266 g/mol. The van der Waals surface area contributed by atoms with Gasteiger partial charge in [-0.1, -0.05) is 0 Å². The van der Waals surface area contributed by atoms with Gasteiger partial charge in [0, 0.05) is 24.8 Å². The zero-order valence-electron chi connectivity index (χ0n) is 11.0. The molecule has 2 N–H and O–H groups in total. The molecule has 0 amide bonds. The first-order valence-electron chi connectivity index (χ1n) is 6.53. The molecule has 4 nitrogen and oxygen atoms in total. The Hall–Kier alpha value is -1.62. The summed E-state index contributed by atoms with van der Waals surface area (Å²) in [6.07, 6.45) is 1.02. The van der Waals surface area contributed by atoms with E-state index < -0.39 is 5.97 Å². The lowest BCUT2D eigenvalue weighted by atomic mass is 10.1. The Morgan fingerprint density at radius 1 is 1.47 bits per heavy atom. The molecule has 1 aromatic carbocycles. The molecule has 1 aromatic rings. The highest BCUT2D eigenvalue weighted by Gasteiger charge is 2.25. The Labute approximate surface area is 112 Å². The highest BCUT2D eigenvalue weighted by molar-refractivity contribution is 5.68. The van der Waals surface area contributed by atoms with E-state index >= 15 is 0 Å². The molecule has 2 atom stereocenters. The normalized spacial score (nSPS) is 24.0. The SMILES string of the molecule is CC1CCN(c2ccc(F)cc2)C(CC(=O)O)CN1. The molecule has 1 fully saturated rings. The molecule has 0 bridgehead atoms. The number of nitrogens with zero attached hydrogens (tertiary/aromatic N) is 1. The Kier molecular flexibility index (Phi) is 4.37. The molecule has 5 heteroatoms. The largest absolute Gasteiger partial charge is 0.481 e. The maximum Gasteiger partial charge on any atom is 0.305 e. The number of anilines is 1. The second-order valence-corrected chi connectivity index (χ2v) is 5.02. The van der Waals surface area contributed by atoms with Crippen LogP contribution in [-0.4, -0.2) is 36.2 Å². The zero-order valence-corrected chi connectivity index (χ0v) is 11.0. The molecule has 0 spiro atoms. The van der Waals surface area contributed by atoms with Crippen molar-refractivity contribution in [2.24, 2.45) is 0 Å². The number of nitrogens with one attached hydrogen (secondary N) is 1. The molecule has 2 rings (SSSR count). The quantitative estimate of drug-likeness (QED) is 0.876. The average Bonchev–Trinajstić information content (AvgIpc) is 2.53. The summed E-state index contributed by atoms with van der Waals surface area (Å²) in [5, 5.41) is 12.3. The second kappa shape index (κ2) is 6.02. The van der Waals surface area contributed by atoms with E-state index in [1.54, 1.807) is 12.1 Å². The predicted molar refractivity (Wildman–Crippen MR) is 71.9 cm³/mol. The molecule has 104 valence electrons. The molecular weight excluding hydrogens is 247 g/mol. The number of hydrogen-bond donors (Lipinski definition) is 2. The van der Waals surface area contributed by atoms with Crippen molar-refractivity contribution in [1.82, 2.24) is 5.32 Å². The summed E-state index contributed by atoms with van der Waals surface area (Å²) in [7, 11) is 0. The number of carboxylic acid groups (broad SMARTS) is 1. The van der Waals surface area contributed by atoms with Gasteiger partial charge in [0.05, 0.1) is 12.5 Å². The zero-order chi connectivity index (χ0) is 13.8. The number of benzene rings is 1. The molecule has 19 heavy (non-hydrogen) atoms. The van der Waals surface area contributed by atoms with Gasteiger partial charge in [-0.15, -0.1) is 0 Å². The lowest BCUT2D eigenvalue weighted by molar-refractivity contribution is -0.137. The fraction of sp³-hybridized carbons (Fsp3) is 0.500. The molecule has 1 aliphatic heterocycles. The van der Waals surface area contributed by atoms with Gasteiger partial charge in [0.1, 0.15) is 5.82 Å². The lowest BCUT2D eigenvalue weighted by Gasteiger charge is -2.30. The van der Waals surface area contributed by atoms with Gasteiger partial charge in [-0.25, -0.2) is 4.39 Å². The first kappa shape index (κ1) is 13.8. The fourth-order valence-corrected chi connectivity index (χ4v) is 2.42. The number of carbonyl (C=O) groups is 1. The molecule has 0 saturated carbocycles. The van der Waals surface area contributed by atoms with Crippen molar-refractivity contribution in [3.05, 3.63) is 30.1 Å². The molecule has 1 saturated heterocycles. The predicted octanol–water partition coefficient (Wildman–Crippen LogP) is 1.86. The van der Waals surface area contributed by atoms with E-state index in [1.807, 2.05) is 0 Å². The van der Waals surface area contributed by atoms with Crippen molar-refractivity contribution in [2.45, 2.75) is 31.8 Å². The smallest absolute Gasteiger partial charge is 0.305 e. The fourth-order valence-electron chi connectivity index (χ4n) is 2.42. The van der Waals surface area contributed by atoms with Gasteiger partial charge in [0.25, 0.3) is 0 Å². The Balaban J connectivity index is 2.20. The summed E-state index contributed by atoms with van der Waals surface area (Å²) < 4.78 is 13.0. The Morgan fingerprint density at radius 2 is 2.16 bits per heavy atom. The summed E-state index contributed by atoms with van der Waals surface area (Å²) in [5.41, 5.74) is 0.878. The summed E-state index contributed by atoms with van der Waals surface area (Å²) in [6.45, 7) is 3.49. The van der Waals surface area contributed by atoms with Crippen LogP contribution in [0.2, 0.25) is 0 Å². The molecule has 2 unspecified atom stereocenters. The number of hydrogen-bond acceptors (Lipinski definition) is 3. The van der Waals surface area contributed by atoms with E-state index in [2.05, 4.69) is 17.1 Å². The van der Waals surface area contributed by atoms with E-state index in [1.165, 1.54) is 12.1 Å². The summed E-state index contributed by atoms with van der Waals surface area (Å²) in [6, 6.07) is 6.50. The van der Waals surface area contributed by atoms with Crippen LogP contribution in [-0.2, 0) is 4.79 Å². The minimum atomic E-state index is -0.812. The molecule has 1 heterocycles. The summed E-state index contributed by atoms with van der Waals surface area (Å²) in [5.74, 6) is -1.09. The van der Waals surface area contributed by atoms with Crippen LogP contribution < -0.4 is 10.2 Å². The van der Waals surface area contributed by atoms with Gasteiger partial charge in [-0.3, -0.25) is 4.79 Å². The van der Waals surface area contributed by atoms with E-state index in [9.17, 15) is 9.18 Å². The van der Waals surface area contributed by atoms with Crippen LogP contribution in [0.15, 0.2) is 24.3 Å². The molecule has 1 aliphatic rings. The monoisotopic (exact) mass is 266 g/mol. The van der Waals surface area contributed by atoms with Crippen LogP contribution >= 0.6 is 0 Å². The number of halogens is 1. The second-order valence-electron chi connectivity index (χ2n) is 5.02. The number of carboxylic acids is 1. The van der Waals surface area contributed by atoms with Crippen LogP contribution in [0.4, 0.5) is 10.1 Å². The van der Waals surface area contributed by atoms with Crippen LogP contribution in [0.3, 0.4) is 0 Å². The van der Waals surface area contributed by atoms with Gasteiger partial charge < -0.3 is 15.3 Å². The van der Waals surface area contributed by atoms with E-state index in [4.69, 9.17) is 5.11 Å². The third-order valence-corrected chi connectivity index (χ3v) is 3.51. The highest BCUT2D eigenvalue weighted by Crippen LogP contribution is 2.21.